The van der Waals surface area contributed by atoms with Crippen molar-refractivity contribution in [2.75, 3.05) is 6.54 Å². The molecule has 5 nitrogen and oxygen atoms in total. The molecule has 2 aliphatic rings. The van der Waals surface area contributed by atoms with Gasteiger partial charge in [-0.25, -0.2) is 4.79 Å². The lowest BCUT2D eigenvalue weighted by Crippen LogP contribution is -2.49. The topological polar surface area (TPSA) is 78.4 Å². The number of hydrogen-bond donors (Lipinski definition) is 3. The van der Waals surface area contributed by atoms with Gasteiger partial charge in [0.05, 0.1) is 17.6 Å². The molecule has 1 aromatic rings. The van der Waals surface area contributed by atoms with Gasteiger partial charge in [0.2, 0.25) is 5.91 Å². The number of piperidine rings is 1. The Hall–Kier alpha value is -1.88. The van der Waals surface area contributed by atoms with E-state index in [-0.39, 0.29) is 23.6 Å². The summed E-state index contributed by atoms with van der Waals surface area (Å²) in [6, 6.07) is 6.42. The van der Waals surface area contributed by atoms with Crippen molar-refractivity contribution < 1.29 is 14.7 Å². The van der Waals surface area contributed by atoms with Gasteiger partial charge in [0.25, 0.3) is 0 Å². The van der Waals surface area contributed by atoms with Gasteiger partial charge in [-0.05, 0) is 62.3 Å². The highest BCUT2D eigenvalue weighted by molar-refractivity contribution is 5.87. The zero-order valence-electron chi connectivity index (χ0n) is 12.8. The molecule has 0 aromatic heterocycles. The third-order valence-electron chi connectivity index (χ3n) is 4.97. The molecule has 2 unspecified atom stereocenters. The van der Waals surface area contributed by atoms with Crippen molar-refractivity contribution in [2.45, 2.75) is 44.7 Å². The van der Waals surface area contributed by atoms with Crippen molar-refractivity contribution in [3.63, 3.8) is 0 Å². The summed E-state index contributed by atoms with van der Waals surface area (Å²) in [5, 5.41) is 15.2. The van der Waals surface area contributed by atoms with Gasteiger partial charge in [-0.1, -0.05) is 12.1 Å². The van der Waals surface area contributed by atoms with Crippen molar-refractivity contribution in [3.8, 4) is 0 Å². The molecule has 1 heterocycles. The molecule has 3 N–H and O–H groups in total. The fourth-order valence-electron chi connectivity index (χ4n) is 3.25. The van der Waals surface area contributed by atoms with Gasteiger partial charge in [0.15, 0.2) is 0 Å². The van der Waals surface area contributed by atoms with Crippen LogP contribution in [0.25, 0.3) is 0 Å². The number of rotatable bonds is 4. The van der Waals surface area contributed by atoms with Gasteiger partial charge < -0.3 is 15.7 Å². The Morgan fingerprint density at radius 2 is 1.95 bits per heavy atom. The van der Waals surface area contributed by atoms with Crippen LogP contribution in [-0.4, -0.2) is 29.6 Å². The van der Waals surface area contributed by atoms with Gasteiger partial charge in [0.1, 0.15) is 0 Å². The summed E-state index contributed by atoms with van der Waals surface area (Å²) in [6.07, 6.45) is 4.63. The fourth-order valence-corrected chi connectivity index (χ4v) is 3.25. The lowest BCUT2D eigenvalue weighted by Gasteiger charge is -2.30. The molecule has 0 radical (unpaired) electrons. The number of benzene rings is 1. The molecule has 1 aliphatic carbocycles. The molecule has 1 saturated carbocycles. The van der Waals surface area contributed by atoms with Crippen molar-refractivity contribution in [2.24, 2.45) is 5.41 Å². The van der Waals surface area contributed by atoms with E-state index in [4.69, 9.17) is 5.11 Å². The first-order valence-electron chi connectivity index (χ1n) is 7.86. The fraction of sp³-hybridized carbons (Fsp3) is 0.529. The number of hydrogen-bond acceptors (Lipinski definition) is 3. The molecular formula is C17H22N2O3. The summed E-state index contributed by atoms with van der Waals surface area (Å²) in [5.74, 6) is -0.898. The highest BCUT2D eigenvalue weighted by Crippen LogP contribution is 2.53. The minimum Gasteiger partial charge on any atom is -0.478 e. The Bertz CT molecular complexity index is 578. The second kappa shape index (κ2) is 5.72. The predicted molar refractivity (Wildman–Crippen MR) is 82.7 cm³/mol. The van der Waals surface area contributed by atoms with Crippen molar-refractivity contribution in [3.05, 3.63) is 35.4 Å². The van der Waals surface area contributed by atoms with E-state index >= 15 is 0 Å². The van der Waals surface area contributed by atoms with Crippen LogP contribution < -0.4 is 10.6 Å². The number of carboxylic acids is 1. The van der Waals surface area contributed by atoms with E-state index in [2.05, 4.69) is 10.6 Å². The van der Waals surface area contributed by atoms with E-state index in [1.807, 2.05) is 6.92 Å². The third-order valence-corrected chi connectivity index (χ3v) is 4.97. The molecule has 3 rings (SSSR count). The van der Waals surface area contributed by atoms with E-state index in [9.17, 15) is 9.59 Å². The molecule has 118 valence electrons. The standard InChI is InChI=1S/C17H22N2O3/c1-11(12-2-4-13(5-3-12)16(21)22)19-15(20)14-10-17(6-7-17)8-9-18-14/h2-5,11,14,18H,6-10H2,1H3,(H,19,20)(H,21,22). The first-order valence-corrected chi connectivity index (χ1v) is 7.86. The number of carboxylic acid groups (broad SMARTS) is 1. The summed E-state index contributed by atoms with van der Waals surface area (Å²) in [5.41, 5.74) is 1.60. The average Bonchev–Trinajstić information content (AvgIpc) is 3.26. The van der Waals surface area contributed by atoms with E-state index in [0.717, 1.165) is 18.5 Å². The largest absolute Gasteiger partial charge is 0.478 e. The maximum Gasteiger partial charge on any atom is 0.335 e. The van der Waals surface area contributed by atoms with Crippen molar-refractivity contribution in [1.82, 2.24) is 10.6 Å². The van der Waals surface area contributed by atoms with Crippen LogP contribution in [-0.2, 0) is 4.79 Å². The Balaban J connectivity index is 1.59. The van der Waals surface area contributed by atoms with E-state index in [0.29, 0.717) is 5.41 Å². The maximum absolute atomic E-state index is 12.4. The second-order valence-electron chi connectivity index (χ2n) is 6.62. The molecule has 2 atom stereocenters. The van der Waals surface area contributed by atoms with Crippen LogP contribution in [0, 0.1) is 5.41 Å². The van der Waals surface area contributed by atoms with Crippen LogP contribution in [0.1, 0.15) is 54.6 Å². The molecule has 0 bridgehead atoms. The number of carbonyl (C=O) groups is 2. The Labute approximate surface area is 130 Å². The lowest BCUT2D eigenvalue weighted by molar-refractivity contribution is -0.124. The van der Waals surface area contributed by atoms with Crippen LogP contribution in [0.3, 0.4) is 0 Å². The Kier molecular flexibility index (Phi) is 3.91. The minimum atomic E-state index is -0.940. The summed E-state index contributed by atoms with van der Waals surface area (Å²) in [6.45, 7) is 2.84. The molecule has 1 aromatic carbocycles. The van der Waals surface area contributed by atoms with Gasteiger partial charge in [0, 0.05) is 0 Å². The monoisotopic (exact) mass is 302 g/mol. The predicted octanol–water partition coefficient (Wildman–Crippen LogP) is 2.09. The summed E-state index contributed by atoms with van der Waals surface area (Å²) in [7, 11) is 0. The maximum atomic E-state index is 12.4. The molecule has 1 aliphatic heterocycles. The molecule has 22 heavy (non-hydrogen) atoms. The minimum absolute atomic E-state index is 0.0424. The quantitative estimate of drug-likeness (QED) is 0.796. The van der Waals surface area contributed by atoms with Gasteiger partial charge in [-0.2, -0.15) is 0 Å². The highest BCUT2D eigenvalue weighted by Gasteiger charge is 2.47. The molecule has 1 spiro atoms. The van der Waals surface area contributed by atoms with Gasteiger partial charge >= 0.3 is 5.97 Å². The van der Waals surface area contributed by atoms with Crippen LogP contribution in [0.15, 0.2) is 24.3 Å². The van der Waals surface area contributed by atoms with E-state index in [1.165, 1.54) is 19.3 Å². The third kappa shape index (κ3) is 3.14. The Morgan fingerprint density at radius 1 is 1.27 bits per heavy atom. The zero-order chi connectivity index (χ0) is 15.7. The van der Waals surface area contributed by atoms with E-state index < -0.39 is 5.97 Å². The Morgan fingerprint density at radius 3 is 2.55 bits per heavy atom. The molecule has 2 fully saturated rings. The van der Waals surface area contributed by atoms with Crippen LogP contribution in [0.5, 0.6) is 0 Å². The smallest absolute Gasteiger partial charge is 0.335 e. The average molecular weight is 302 g/mol. The second-order valence-corrected chi connectivity index (χ2v) is 6.62. The van der Waals surface area contributed by atoms with Crippen molar-refractivity contribution in [1.29, 1.82) is 0 Å². The SMILES string of the molecule is CC(NC(=O)C1CC2(CCN1)CC2)c1ccc(C(=O)O)cc1. The highest BCUT2D eigenvalue weighted by atomic mass is 16.4. The van der Waals surface area contributed by atoms with Crippen LogP contribution in [0.2, 0.25) is 0 Å². The number of carbonyl (C=O) groups excluding carboxylic acids is 1. The zero-order valence-corrected chi connectivity index (χ0v) is 12.8. The molecule has 1 saturated heterocycles. The summed E-state index contributed by atoms with van der Waals surface area (Å²) < 4.78 is 0. The molecular weight excluding hydrogens is 280 g/mol. The van der Waals surface area contributed by atoms with Gasteiger partial charge in [-0.15, -0.1) is 0 Å². The normalized spacial score (nSPS) is 23.8. The molecule has 5 heteroatoms. The summed E-state index contributed by atoms with van der Waals surface area (Å²) in [4.78, 5) is 23.3. The van der Waals surface area contributed by atoms with Crippen molar-refractivity contribution >= 4 is 11.9 Å². The number of nitrogens with one attached hydrogen (secondary N) is 2. The van der Waals surface area contributed by atoms with Gasteiger partial charge in [-0.3, -0.25) is 4.79 Å². The lowest BCUT2D eigenvalue weighted by atomic mass is 9.89. The number of amides is 1. The van der Waals surface area contributed by atoms with Crippen LogP contribution >= 0.6 is 0 Å². The molecule has 1 amide bonds. The van der Waals surface area contributed by atoms with E-state index in [1.54, 1.807) is 24.3 Å². The van der Waals surface area contributed by atoms with Crippen LogP contribution in [0.4, 0.5) is 0 Å². The number of aromatic carboxylic acids is 1. The first kappa shape index (κ1) is 15.0. The first-order chi connectivity index (χ1) is 10.5. The summed E-state index contributed by atoms with van der Waals surface area (Å²) >= 11 is 0.